The Labute approximate surface area is 83.5 Å². The number of amides is 1. The van der Waals surface area contributed by atoms with Crippen LogP contribution < -0.4 is 0 Å². The van der Waals surface area contributed by atoms with Crippen LogP contribution >= 0.6 is 0 Å². The van der Waals surface area contributed by atoms with E-state index in [1.54, 1.807) is 6.08 Å². The van der Waals surface area contributed by atoms with Crippen LogP contribution in [0.5, 0.6) is 0 Å². The zero-order valence-electron chi connectivity index (χ0n) is 8.06. The van der Waals surface area contributed by atoms with Crippen molar-refractivity contribution in [3.05, 3.63) is 25.3 Å². The smallest absolute Gasteiger partial charge is 0.410 e. The molecule has 1 N–H and O–H groups in total. The minimum atomic E-state index is -0.730. The second-order valence-electron chi connectivity index (χ2n) is 3.14. The summed E-state index contributed by atoms with van der Waals surface area (Å²) in [6, 6.07) is -0.306. The molecule has 1 heterocycles. The molecular weight excluding hydrogens is 182 g/mol. The second kappa shape index (κ2) is 4.81. The topological polar surface area (TPSA) is 49.8 Å². The first-order chi connectivity index (χ1) is 6.70. The lowest BCUT2D eigenvalue weighted by Crippen LogP contribution is -2.41. The standard InChI is InChI=1S/C10H15NO3/c1-3-5-6-11-8(9(12)4-2)7-14-10(11)13/h3-4,8-9,12H,1-2,5-7H2/t8-,9+/m0/s1. The zero-order chi connectivity index (χ0) is 10.6. The molecule has 0 aromatic rings. The lowest BCUT2D eigenvalue weighted by molar-refractivity contribution is 0.122. The number of hydrogen-bond acceptors (Lipinski definition) is 3. The van der Waals surface area contributed by atoms with E-state index < -0.39 is 6.10 Å². The van der Waals surface area contributed by atoms with Crippen molar-refractivity contribution in [1.29, 1.82) is 0 Å². The van der Waals surface area contributed by atoms with Crippen molar-refractivity contribution in [2.45, 2.75) is 18.6 Å². The average Bonchev–Trinajstić information content (AvgIpc) is 2.56. The van der Waals surface area contributed by atoms with Gasteiger partial charge in [-0.3, -0.25) is 4.90 Å². The van der Waals surface area contributed by atoms with Gasteiger partial charge in [-0.05, 0) is 6.42 Å². The molecule has 0 aromatic carbocycles. The van der Waals surface area contributed by atoms with E-state index in [0.717, 1.165) is 0 Å². The molecule has 4 nitrogen and oxygen atoms in total. The second-order valence-corrected chi connectivity index (χ2v) is 3.14. The fraction of sp³-hybridized carbons (Fsp3) is 0.500. The first-order valence-electron chi connectivity index (χ1n) is 4.55. The van der Waals surface area contributed by atoms with E-state index in [2.05, 4.69) is 13.2 Å². The summed E-state index contributed by atoms with van der Waals surface area (Å²) in [4.78, 5) is 12.7. The number of aliphatic hydroxyl groups excluding tert-OH is 1. The van der Waals surface area contributed by atoms with Crippen molar-refractivity contribution in [3.63, 3.8) is 0 Å². The molecule has 4 heteroatoms. The van der Waals surface area contributed by atoms with E-state index >= 15 is 0 Å². The van der Waals surface area contributed by atoms with Crippen molar-refractivity contribution in [2.75, 3.05) is 13.2 Å². The summed E-state index contributed by atoms with van der Waals surface area (Å²) in [5.41, 5.74) is 0. The first kappa shape index (κ1) is 10.8. The minimum Gasteiger partial charge on any atom is -0.447 e. The summed E-state index contributed by atoms with van der Waals surface area (Å²) in [5.74, 6) is 0. The third-order valence-electron chi connectivity index (χ3n) is 2.22. The van der Waals surface area contributed by atoms with Gasteiger partial charge >= 0.3 is 6.09 Å². The van der Waals surface area contributed by atoms with Gasteiger partial charge in [-0.15, -0.1) is 13.2 Å². The Balaban J connectivity index is 2.60. The summed E-state index contributed by atoms with van der Waals surface area (Å²) in [6.07, 6.45) is 2.72. The Morgan fingerprint density at radius 3 is 3.00 bits per heavy atom. The molecule has 78 valence electrons. The number of rotatable bonds is 5. The van der Waals surface area contributed by atoms with Gasteiger partial charge in [-0.1, -0.05) is 12.2 Å². The van der Waals surface area contributed by atoms with Crippen molar-refractivity contribution in [1.82, 2.24) is 4.90 Å². The van der Waals surface area contributed by atoms with Crippen LogP contribution in [0.15, 0.2) is 25.3 Å². The van der Waals surface area contributed by atoms with E-state index in [4.69, 9.17) is 4.74 Å². The number of nitrogens with zero attached hydrogens (tertiary/aromatic N) is 1. The molecule has 1 aliphatic heterocycles. The fourth-order valence-corrected chi connectivity index (χ4v) is 1.39. The first-order valence-corrected chi connectivity index (χ1v) is 4.55. The number of carbonyl (C=O) groups is 1. The molecule has 0 unspecified atom stereocenters. The molecule has 0 bridgehead atoms. The van der Waals surface area contributed by atoms with Gasteiger partial charge < -0.3 is 9.84 Å². The lowest BCUT2D eigenvalue weighted by atomic mass is 10.1. The number of aliphatic hydroxyl groups is 1. The van der Waals surface area contributed by atoms with Gasteiger partial charge in [-0.2, -0.15) is 0 Å². The highest BCUT2D eigenvalue weighted by Crippen LogP contribution is 2.16. The number of cyclic esters (lactones) is 1. The molecule has 1 aliphatic rings. The maximum atomic E-state index is 11.2. The molecule has 1 rings (SSSR count). The predicted octanol–water partition coefficient (Wildman–Crippen LogP) is 0.930. The molecule has 1 fully saturated rings. The Bertz CT molecular complexity index is 240. The predicted molar refractivity (Wildman–Crippen MR) is 52.9 cm³/mol. The van der Waals surface area contributed by atoms with Crippen molar-refractivity contribution in [2.24, 2.45) is 0 Å². The van der Waals surface area contributed by atoms with Gasteiger partial charge in [0.25, 0.3) is 0 Å². The van der Waals surface area contributed by atoms with Crippen molar-refractivity contribution >= 4 is 6.09 Å². The normalized spacial score (nSPS) is 23.1. The average molecular weight is 197 g/mol. The van der Waals surface area contributed by atoms with E-state index in [9.17, 15) is 9.90 Å². The number of carbonyl (C=O) groups excluding carboxylic acids is 1. The largest absolute Gasteiger partial charge is 0.447 e. The molecule has 0 aliphatic carbocycles. The third kappa shape index (κ3) is 2.14. The van der Waals surface area contributed by atoms with Gasteiger partial charge in [0.15, 0.2) is 0 Å². The van der Waals surface area contributed by atoms with Gasteiger partial charge in [-0.25, -0.2) is 4.79 Å². The summed E-state index contributed by atoms with van der Waals surface area (Å²) < 4.78 is 4.84. The Morgan fingerprint density at radius 2 is 2.43 bits per heavy atom. The zero-order valence-corrected chi connectivity index (χ0v) is 8.06. The summed E-state index contributed by atoms with van der Waals surface area (Å²) >= 11 is 0. The van der Waals surface area contributed by atoms with Gasteiger partial charge in [0.1, 0.15) is 6.61 Å². The van der Waals surface area contributed by atoms with E-state index in [-0.39, 0.29) is 18.7 Å². The monoisotopic (exact) mass is 197 g/mol. The maximum Gasteiger partial charge on any atom is 0.410 e. The molecule has 1 amide bonds. The highest BCUT2D eigenvalue weighted by molar-refractivity contribution is 5.70. The van der Waals surface area contributed by atoms with Crippen LogP contribution in [0, 0.1) is 0 Å². The number of ether oxygens (including phenoxy) is 1. The minimum absolute atomic E-state index is 0.225. The quantitative estimate of drug-likeness (QED) is 0.667. The van der Waals surface area contributed by atoms with Crippen molar-refractivity contribution in [3.8, 4) is 0 Å². The Kier molecular flexibility index (Phi) is 3.71. The Morgan fingerprint density at radius 1 is 1.71 bits per heavy atom. The molecule has 0 aromatic heterocycles. The Hall–Kier alpha value is -1.29. The molecule has 0 spiro atoms. The van der Waals surface area contributed by atoms with Crippen LogP contribution in [0.3, 0.4) is 0 Å². The van der Waals surface area contributed by atoms with Crippen molar-refractivity contribution < 1.29 is 14.6 Å². The molecule has 1 saturated heterocycles. The van der Waals surface area contributed by atoms with E-state index in [1.807, 2.05) is 0 Å². The maximum absolute atomic E-state index is 11.2. The van der Waals surface area contributed by atoms with E-state index in [1.165, 1.54) is 11.0 Å². The van der Waals surface area contributed by atoms with Crippen LogP contribution in [0.4, 0.5) is 4.79 Å². The molecule has 0 saturated carbocycles. The summed E-state index contributed by atoms with van der Waals surface area (Å²) in [7, 11) is 0. The number of hydrogen-bond donors (Lipinski definition) is 1. The molecule has 0 radical (unpaired) electrons. The highest BCUT2D eigenvalue weighted by atomic mass is 16.6. The van der Waals surface area contributed by atoms with Crippen LogP contribution in [-0.2, 0) is 4.74 Å². The van der Waals surface area contributed by atoms with Gasteiger partial charge in [0.2, 0.25) is 0 Å². The van der Waals surface area contributed by atoms with Gasteiger partial charge in [0, 0.05) is 6.54 Å². The third-order valence-corrected chi connectivity index (χ3v) is 2.22. The highest BCUT2D eigenvalue weighted by Gasteiger charge is 2.35. The molecule has 14 heavy (non-hydrogen) atoms. The van der Waals surface area contributed by atoms with E-state index in [0.29, 0.717) is 13.0 Å². The van der Waals surface area contributed by atoms with Crippen LogP contribution in [0.25, 0.3) is 0 Å². The lowest BCUT2D eigenvalue weighted by Gasteiger charge is -2.23. The van der Waals surface area contributed by atoms with Crippen LogP contribution in [-0.4, -0.2) is 41.4 Å². The van der Waals surface area contributed by atoms with Crippen LogP contribution in [0.1, 0.15) is 6.42 Å². The molecular formula is C10H15NO3. The summed E-state index contributed by atoms with van der Waals surface area (Å²) in [6.45, 7) is 7.81. The SMILES string of the molecule is C=CCCN1C(=O)OC[C@H]1[C@H](O)C=C. The molecule has 2 atom stereocenters. The fourth-order valence-electron chi connectivity index (χ4n) is 1.39. The van der Waals surface area contributed by atoms with Crippen LogP contribution in [0.2, 0.25) is 0 Å². The summed E-state index contributed by atoms with van der Waals surface area (Å²) in [5, 5.41) is 9.53. The van der Waals surface area contributed by atoms with Gasteiger partial charge in [0.05, 0.1) is 12.1 Å².